The minimum atomic E-state index is -0.150. The summed E-state index contributed by atoms with van der Waals surface area (Å²) in [6, 6.07) is 2.08. The molecule has 1 atom stereocenters. The van der Waals surface area contributed by atoms with Gasteiger partial charge in [-0.2, -0.15) is 10.2 Å². The molecule has 1 unspecified atom stereocenters. The average Bonchev–Trinajstić information content (AvgIpc) is 3.00. The summed E-state index contributed by atoms with van der Waals surface area (Å²) in [7, 11) is 0. The van der Waals surface area contributed by atoms with Crippen molar-refractivity contribution in [3.63, 3.8) is 0 Å². The van der Waals surface area contributed by atoms with Gasteiger partial charge in [0.15, 0.2) is 0 Å². The Balaban J connectivity index is 1.64. The molecule has 0 saturated heterocycles. The molecule has 2 N–H and O–H groups in total. The Morgan fingerprint density at radius 2 is 2.19 bits per heavy atom. The monoisotopic (exact) mass is 287 g/mol. The Morgan fingerprint density at radius 3 is 2.81 bits per heavy atom. The lowest BCUT2D eigenvalue weighted by molar-refractivity contribution is 0.0935. The van der Waals surface area contributed by atoms with Crippen molar-refractivity contribution in [2.75, 3.05) is 0 Å². The van der Waals surface area contributed by atoms with Gasteiger partial charge in [0.1, 0.15) is 5.69 Å². The van der Waals surface area contributed by atoms with Crippen LogP contribution in [0.5, 0.6) is 0 Å². The largest absolute Gasteiger partial charge is 0.344 e. The summed E-state index contributed by atoms with van der Waals surface area (Å²) in [6.45, 7) is 6.10. The molecule has 21 heavy (non-hydrogen) atoms. The quantitative estimate of drug-likeness (QED) is 0.887. The Bertz CT molecular complexity index is 638. The fourth-order valence-corrected chi connectivity index (χ4v) is 2.27. The van der Waals surface area contributed by atoms with Crippen molar-refractivity contribution >= 4 is 5.91 Å². The van der Waals surface area contributed by atoms with Gasteiger partial charge in [-0.1, -0.05) is 0 Å². The number of aromatic amines is 1. The van der Waals surface area contributed by atoms with E-state index in [4.69, 9.17) is 0 Å². The summed E-state index contributed by atoms with van der Waals surface area (Å²) in [6.07, 6.45) is 6.14. The van der Waals surface area contributed by atoms with Crippen molar-refractivity contribution in [3.05, 3.63) is 35.4 Å². The van der Waals surface area contributed by atoms with Crippen LogP contribution in [0.4, 0.5) is 0 Å². The molecule has 2 heterocycles. The van der Waals surface area contributed by atoms with Crippen LogP contribution in [0.2, 0.25) is 0 Å². The first-order valence-electron chi connectivity index (χ1n) is 7.45. The minimum Gasteiger partial charge on any atom is -0.344 e. The van der Waals surface area contributed by atoms with Crippen molar-refractivity contribution in [2.45, 2.75) is 51.6 Å². The van der Waals surface area contributed by atoms with Crippen molar-refractivity contribution in [3.8, 4) is 0 Å². The zero-order chi connectivity index (χ0) is 15.0. The maximum Gasteiger partial charge on any atom is 0.272 e. The van der Waals surface area contributed by atoms with E-state index in [-0.39, 0.29) is 11.9 Å². The molecule has 6 nitrogen and oxygen atoms in total. The first-order chi connectivity index (χ1) is 10.0. The molecule has 1 aliphatic carbocycles. The predicted molar refractivity (Wildman–Crippen MR) is 79.1 cm³/mol. The average molecular weight is 287 g/mol. The minimum absolute atomic E-state index is 0.0916. The molecule has 6 heteroatoms. The maximum absolute atomic E-state index is 12.2. The molecule has 2 aromatic rings. The molecular weight excluding hydrogens is 266 g/mol. The van der Waals surface area contributed by atoms with Gasteiger partial charge in [0, 0.05) is 29.4 Å². The normalized spacial score (nSPS) is 16.2. The Morgan fingerprint density at radius 1 is 1.43 bits per heavy atom. The highest BCUT2D eigenvalue weighted by molar-refractivity contribution is 5.92. The predicted octanol–water partition coefficient (Wildman–Crippen LogP) is 2.56. The van der Waals surface area contributed by atoms with Crippen LogP contribution >= 0.6 is 0 Å². The van der Waals surface area contributed by atoms with Crippen LogP contribution in [0, 0.1) is 0 Å². The zero-order valence-corrected chi connectivity index (χ0v) is 12.6. The fraction of sp³-hybridized carbons (Fsp3) is 0.533. The van der Waals surface area contributed by atoms with Gasteiger partial charge in [-0.3, -0.25) is 14.6 Å². The van der Waals surface area contributed by atoms with Crippen LogP contribution in [0.15, 0.2) is 18.5 Å². The SMILES string of the molecule is CC(NC(=O)c1cc(C2CC2)[nH]n1)c1cnn(C(C)C)c1. The number of carbonyl (C=O) groups is 1. The highest BCUT2D eigenvalue weighted by atomic mass is 16.2. The molecule has 0 aromatic carbocycles. The van der Waals surface area contributed by atoms with E-state index >= 15 is 0 Å². The molecule has 0 aliphatic heterocycles. The van der Waals surface area contributed by atoms with Gasteiger partial charge in [-0.05, 0) is 39.7 Å². The second-order valence-electron chi connectivity index (χ2n) is 6.03. The summed E-state index contributed by atoms with van der Waals surface area (Å²) in [4.78, 5) is 12.2. The van der Waals surface area contributed by atoms with Crippen molar-refractivity contribution in [2.24, 2.45) is 0 Å². The van der Waals surface area contributed by atoms with E-state index < -0.39 is 0 Å². The molecule has 3 rings (SSSR count). The van der Waals surface area contributed by atoms with Gasteiger partial charge in [0.25, 0.3) is 5.91 Å². The van der Waals surface area contributed by atoms with E-state index in [2.05, 4.69) is 34.5 Å². The Kier molecular flexibility index (Phi) is 3.53. The third-order valence-corrected chi connectivity index (χ3v) is 3.85. The van der Waals surface area contributed by atoms with Crippen LogP contribution in [0.3, 0.4) is 0 Å². The van der Waals surface area contributed by atoms with Crippen LogP contribution in [-0.4, -0.2) is 25.9 Å². The summed E-state index contributed by atoms with van der Waals surface area (Å²) < 4.78 is 1.89. The van der Waals surface area contributed by atoms with Gasteiger partial charge in [-0.15, -0.1) is 0 Å². The Labute approximate surface area is 123 Å². The number of nitrogens with zero attached hydrogens (tertiary/aromatic N) is 3. The third-order valence-electron chi connectivity index (χ3n) is 3.85. The second-order valence-corrected chi connectivity index (χ2v) is 6.03. The van der Waals surface area contributed by atoms with Gasteiger partial charge in [-0.25, -0.2) is 0 Å². The number of amides is 1. The molecule has 1 saturated carbocycles. The number of hydrogen-bond acceptors (Lipinski definition) is 3. The van der Waals surface area contributed by atoms with E-state index in [0.29, 0.717) is 17.7 Å². The lowest BCUT2D eigenvalue weighted by Crippen LogP contribution is -2.26. The summed E-state index contributed by atoms with van der Waals surface area (Å²) in [5.41, 5.74) is 2.52. The van der Waals surface area contributed by atoms with E-state index in [1.54, 1.807) is 6.20 Å². The molecule has 2 aromatic heterocycles. The van der Waals surface area contributed by atoms with E-state index in [0.717, 1.165) is 11.3 Å². The lowest BCUT2D eigenvalue weighted by Gasteiger charge is -2.11. The summed E-state index contributed by atoms with van der Waals surface area (Å²) in [5, 5.41) is 14.3. The molecule has 112 valence electrons. The molecule has 1 aliphatic rings. The fourth-order valence-electron chi connectivity index (χ4n) is 2.27. The van der Waals surface area contributed by atoms with Crippen LogP contribution < -0.4 is 5.32 Å². The number of aromatic nitrogens is 4. The number of carbonyl (C=O) groups excluding carboxylic acids is 1. The second kappa shape index (κ2) is 5.35. The number of rotatable bonds is 5. The number of nitrogens with one attached hydrogen (secondary N) is 2. The van der Waals surface area contributed by atoms with Crippen LogP contribution in [0.1, 0.15) is 73.4 Å². The van der Waals surface area contributed by atoms with E-state index in [9.17, 15) is 4.79 Å². The Hall–Kier alpha value is -2.11. The molecular formula is C15H21N5O. The number of hydrogen-bond donors (Lipinski definition) is 2. The lowest BCUT2D eigenvalue weighted by atomic mass is 10.2. The van der Waals surface area contributed by atoms with Crippen molar-refractivity contribution in [1.82, 2.24) is 25.3 Å². The maximum atomic E-state index is 12.2. The van der Waals surface area contributed by atoms with Crippen LogP contribution in [0.25, 0.3) is 0 Å². The van der Waals surface area contributed by atoms with Crippen molar-refractivity contribution in [1.29, 1.82) is 0 Å². The first kappa shape index (κ1) is 13.9. The van der Waals surface area contributed by atoms with Gasteiger partial charge in [0.2, 0.25) is 0 Å². The third kappa shape index (κ3) is 2.99. The van der Waals surface area contributed by atoms with E-state index in [1.807, 2.05) is 23.9 Å². The molecule has 0 bridgehead atoms. The topological polar surface area (TPSA) is 75.6 Å². The standard InChI is InChI=1S/C15H21N5O/c1-9(2)20-8-12(7-16-20)10(3)17-15(21)14-6-13(18-19-14)11-4-5-11/h6-11H,4-5H2,1-3H3,(H,17,21)(H,18,19). The first-order valence-corrected chi connectivity index (χ1v) is 7.45. The van der Waals surface area contributed by atoms with E-state index in [1.165, 1.54) is 12.8 Å². The highest BCUT2D eigenvalue weighted by Crippen LogP contribution is 2.39. The molecule has 0 spiro atoms. The highest BCUT2D eigenvalue weighted by Gasteiger charge is 2.26. The smallest absolute Gasteiger partial charge is 0.272 e. The molecule has 1 fully saturated rings. The van der Waals surface area contributed by atoms with Crippen LogP contribution in [-0.2, 0) is 0 Å². The van der Waals surface area contributed by atoms with Gasteiger partial charge < -0.3 is 5.32 Å². The number of H-pyrrole nitrogens is 1. The summed E-state index contributed by atoms with van der Waals surface area (Å²) in [5.74, 6) is 0.420. The summed E-state index contributed by atoms with van der Waals surface area (Å²) >= 11 is 0. The van der Waals surface area contributed by atoms with Gasteiger partial charge >= 0.3 is 0 Å². The molecule has 1 amide bonds. The zero-order valence-electron chi connectivity index (χ0n) is 12.6. The van der Waals surface area contributed by atoms with Crippen molar-refractivity contribution < 1.29 is 4.79 Å². The molecule has 0 radical (unpaired) electrons. The van der Waals surface area contributed by atoms with Gasteiger partial charge in [0.05, 0.1) is 12.2 Å².